The molecule has 0 amide bonds. The molecule has 0 saturated carbocycles. The predicted molar refractivity (Wildman–Crippen MR) is 34.5 cm³/mol. The van der Waals surface area contributed by atoms with Crippen molar-refractivity contribution in [3.8, 4) is 0 Å². The van der Waals surface area contributed by atoms with Crippen LogP contribution in [0.4, 0.5) is 0 Å². The third-order valence-electron chi connectivity index (χ3n) is 1.03. The van der Waals surface area contributed by atoms with Gasteiger partial charge in [-0.3, -0.25) is 0 Å². The third kappa shape index (κ3) is 4.09. The minimum absolute atomic E-state index is 0.197. The summed E-state index contributed by atoms with van der Waals surface area (Å²) >= 11 is 0. The first-order valence-electron chi connectivity index (χ1n) is 2.99. The molecule has 2 heteroatoms. The highest BCUT2D eigenvalue weighted by atomic mass is 16.3. The van der Waals surface area contributed by atoms with Crippen molar-refractivity contribution in [2.45, 2.75) is 19.4 Å². The monoisotopic (exact) mass is 116 g/mol. The van der Waals surface area contributed by atoms with Gasteiger partial charge in [0.05, 0.1) is 6.10 Å². The van der Waals surface area contributed by atoms with E-state index in [2.05, 4.69) is 12.2 Å². The van der Waals surface area contributed by atoms with Gasteiger partial charge in [0.2, 0.25) is 0 Å². The second-order valence-corrected chi connectivity index (χ2v) is 1.77. The van der Waals surface area contributed by atoms with Gasteiger partial charge in [-0.05, 0) is 19.9 Å². The van der Waals surface area contributed by atoms with E-state index in [4.69, 9.17) is 5.11 Å². The second-order valence-electron chi connectivity index (χ2n) is 1.77. The zero-order valence-corrected chi connectivity index (χ0v) is 5.35. The summed E-state index contributed by atoms with van der Waals surface area (Å²) in [7, 11) is 0. The van der Waals surface area contributed by atoms with Crippen LogP contribution in [0.3, 0.4) is 0 Å². The molecule has 0 aliphatic heterocycles. The Morgan fingerprint density at radius 2 is 2.38 bits per heavy atom. The SMILES string of the molecule is [CH2]CNCC(O)CC. The molecule has 0 spiro atoms. The molecule has 2 nitrogen and oxygen atoms in total. The molecule has 0 aromatic heterocycles. The van der Waals surface area contributed by atoms with Crippen LogP contribution in [-0.4, -0.2) is 24.3 Å². The molecule has 0 fully saturated rings. The summed E-state index contributed by atoms with van der Waals surface area (Å²) in [5.74, 6) is 0. The molecule has 0 aromatic carbocycles. The van der Waals surface area contributed by atoms with E-state index in [0.29, 0.717) is 13.1 Å². The summed E-state index contributed by atoms with van der Waals surface area (Å²) < 4.78 is 0. The van der Waals surface area contributed by atoms with Gasteiger partial charge in [0.1, 0.15) is 0 Å². The first-order chi connectivity index (χ1) is 3.81. The van der Waals surface area contributed by atoms with Gasteiger partial charge in [0.25, 0.3) is 0 Å². The molecule has 0 heterocycles. The fourth-order valence-corrected chi connectivity index (χ4v) is 0.413. The van der Waals surface area contributed by atoms with Crippen LogP contribution in [0.5, 0.6) is 0 Å². The summed E-state index contributed by atoms with van der Waals surface area (Å²) in [6, 6.07) is 0. The Labute approximate surface area is 50.9 Å². The Morgan fingerprint density at radius 3 is 2.75 bits per heavy atom. The van der Waals surface area contributed by atoms with Gasteiger partial charge < -0.3 is 10.4 Å². The van der Waals surface area contributed by atoms with E-state index in [-0.39, 0.29) is 6.10 Å². The normalized spacial score (nSPS) is 13.9. The lowest BCUT2D eigenvalue weighted by Crippen LogP contribution is -2.25. The minimum Gasteiger partial charge on any atom is -0.392 e. The highest BCUT2D eigenvalue weighted by molar-refractivity contribution is 4.56. The third-order valence-corrected chi connectivity index (χ3v) is 1.03. The minimum atomic E-state index is -0.197. The van der Waals surface area contributed by atoms with E-state index in [1.54, 1.807) is 0 Å². The van der Waals surface area contributed by atoms with Crippen LogP contribution in [-0.2, 0) is 0 Å². The Bertz CT molecular complexity index is 47.8. The van der Waals surface area contributed by atoms with Crippen molar-refractivity contribution in [3.63, 3.8) is 0 Å². The topological polar surface area (TPSA) is 32.3 Å². The first-order valence-corrected chi connectivity index (χ1v) is 2.99. The summed E-state index contributed by atoms with van der Waals surface area (Å²) in [6.45, 7) is 6.88. The molecule has 0 saturated heterocycles. The molecule has 1 atom stereocenters. The summed E-state index contributed by atoms with van der Waals surface area (Å²) in [6.07, 6.45) is 0.615. The fraction of sp³-hybridized carbons (Fsp3) is 0.833. The van der Waals surface area contributed by atoms with Crippen molar-refractivity contribution in [3.05, 3.63) is 6.92 Å². The van der Waals surface area contributed by atoms with Crippen LogP contribution < -0.4 is 5.32 Å². The zero-order valence-electron chi connectivity index (χ0n) is 5.35. The molecule has 2 N–H and O–H groups in total. The van der Waals surface area contributed by atoms with E-state index in [9.17, 15) is 0 Å². The Hall–Kier alpha value is -0.0800. The largest absolute Gasteiger partial charge is 0.392 e. The van der Waals surface area contributed by atoms with Crippen LogP contribution in [0.25, 0.3) is 0 Å². The molecular formula is C6H14NO. The van der Waals surface area contributed by atoms with Crippen LogP contribution in [0.2, 0.25) is 0 Å². The molecule has 1 unspecified atom stereocenters. The standard InChI is InChI=1S/C6H14NO/c1-3-6(8)5-7-4-2/h6-8H,2-5H2,1H3. The van der Waals surface area contributed by atoms with Crippen LogP contribution in [0.15, 0.2) is 0 Å². The maximum atomic E-state index is 8.90. The highest BCUT2D eigenvalue weighted by Gasteiger charge is 1.95. The lowest BCUT2D eigenvalue weighted by molar-refractivity contribution is 0.169. The average molecular weight is 116 g/mol. The van der Waals surface area contributed by atoms with Crippen LogP contribution in [0.1, 0.15) is 13.3 Å². The number of aliphatic hydroxyl groups is 1. The van der Waals surface area contributed by atoms with Gasteiger partial charge >= 0.3 is 0 Å². The second kappa shape index (κ2) is 5.06. The van der Waals surface area contributed by atoms with Crippen LogP contribution >= 0.6 is 0 Å². The van der Waals surface area contributed by atoms with Crippen molar-refractivity contribution in [1.29, 1.82) is 0 Å². The van der Waals surface area contributed by atoms with Gasteiger partial charge in [-0.2, -0.15) is 0 Å². The van der Waals surface area contributed by atoms with Crippen molar-refractivity contribution in [2.75, 3.05) is 13.1 Å². The lowest BCUT2D eigenvalue weighted by Gasteiger charge is -2.05. The van der Waals surface area contributed by atoms with E-state index in [0.717, 1.165) is 6.42 Å². The molecule has 0 rings (SSSR count). The number of hydrogen-bond acceptors (Lipinski definition) is 2. The first kappa shape index (κ1) is 7.92. The van der Waals surface area contributed by atoms with Gasteiger partial charge in [0.15, 0.2) is 0 Å². The van der Waals surface area contributed by atoms with Gasteiger partial charge in [-0.25, -0.2) is 0 Å². The maximum Gasteiger partial charge on any atom is 0.0662 e. The van der Waals surface area contributed by atoms with Crippen molar-refractivity contribution < 1.29 is 5.11 Å². The van der Waals surface area contributed by atoms with E-state index >= 15 is 0 Å². The molecule has 0 aliphatic rings. The Kier molecular flexibility index (Phi) is 5.01. The molecule has 8 heavy (non-hydrogen) atoms. The zero-order chi connectivity index (χ0) is 6.41. The van der Waals surface area contributed by atoms with Gasteiger partial charge in [-0.15, -0.1) is 0 Å². The molecule has 0 aliphatic carbocycles. The lowest BCUT2D eigenvalue weighted by atomic mass is 10.3. The average Bonchev–Trinajstić information content (AvgIpc) is 1.83. The predicted octanol–water partition coefficient (Wildman–Crippen LogP) is 0.181. The van der Waals surface area contributed by atoms with Crippen molar-refractivity contribution in [1.82, 2.24) is 5.32 Å². The summed E-state index contributed by atoms with van der Waals surface area (Å²) in [5.41, 5.74) is 0. The molecule has 49 valence electrons. The van der Waals surface area contributed by atoms with E-state index < -0.39 is 0 Å². The molecule has 1 radical (unpaired) electrons. The number of nitrogens with one attached hydrogen (secondary N) is 1. The van der Waals surface area contributed by atoms with Crippen molar-refractivity contribution in [2.24, 2.45) is 0 Å². The van der Waals surface area contributed by atoms with Gasteiger partial charge in [-0.1, -0.05) is 6.92 Å². The highest BCUT2D eigenvalue weighted by Crippen LogP contribution is 1.84. The number of aliphatic hydroxyl groups excluding tert-OH is 1. The van der Waals surface area contributed by atoms with Crippen LogP contribution in [0, 0.1) is 6.92 Å². The Morgan fingerprint density at radius 1 is 1.75 bits per heavy atom. The quantitative estimate of drug-likeness (QED) is 0.549. The van der Waals surface area contributed by atoms with E-state index in [1.165, 1.54) is 0 Å². The Balaban J connectivity index is 2.86. The molecule has 0 aromatic rings. The molecule has 0 bridgehead atoms. The summed E-state index contributed by atoms with van der Waals surface area (Å²) in [5, 5.41) is 11.8. The van der Waals surface area contributed by atoms with Gasteiger partial charge in [0, 0.05) is 6.54 Å². The molecular weight excluding hydrogens is 102 g/mol. The number of rotatable bonds is 4. The number of hydrogen-bond donors (Lipinski definition) is 2. The smallest absolute Gasteiger partial charge is 0.0662 e. The fourth-order valence-electron chi connectivity index (χ4n) is 0.413. The van der Waals surface area contributed by atoms with E-state index in [1.807, 2.05) is 6.92 Å². The van der Waals surface area contributed by atoms with Crippen molar-refractivity contribution >= 4 is 0 Å². The summed E-state index contributed by atoms with van der Waals surface area (Å²) in [4.78, 5) is 0. The maximum absolute atomic E-state index is 8.90.